The number of barbiturate groups is 1. The largest absolute Gasteiger partial charge is 0.335 e. The van der Waals surface area contributed by atoms with Crippen molar-refractivity contribution in [2.75, 3.05) is 4.90 Å². The fourth-order valence-electron chi connectivity index (χ4n) is 3.38. The first kappa shape index (κ1) is 23.0. The van der Waals surface area contributed by atoms with E-state index in [0.29, 0.717) is 21.7 Å². The molecular weight excluding hydrogens is 490 g/mol. The lowest BCUT2D eigenvalue weighted by Crippen LogP contribution is -2.54. The Bertz CT molecular complexity index is 1340. The Balaban J connectivity index is 1.76. The molecule has 1 fully saturated rings. The molecule has 0 unspecified atom stereocenters. The molecule has 1 N–H and O–H groups in total. The number of rotatable bonds is 4. The molecule has 3 aromatic rings. The maximum Gasteiger partial charge on any atom is 0.335 e. The van der Waals surface area contributed by atoms with Crippen LogP contribution in [-0.2, 0) is 16.0 Å². The number of urea groups is 1. The minimum absolute atomic E-state index is 0.138. The van der Waals surface area contributed by atoms with E-state index in [4.69, 9.17) is 34.8 Å². The van der Waals surface area contributed by atoms with Gasteiger partial charge in [-0.1, -0.05) is 59.1 Å². The summed E-state index contributed by atoms with van der Waals surface area (Å²) in [5.41, 5.74) is 1.36. The summed E-state index contributed by atoms with van der Waals surface area (Å²) >= 11 is 18.1. The maximum atomic E-state index is 14.2. The molecule has 3 aromatic carbocycles. The van der Waals surface area contributed by atoms with Crippen molar-refractivity contribution in [3.63, 3.8) is 0 Å². The molecule has 0 aliphatic carbocycles. The molecule has 1 aliphatic rings. The van der Waals surface area contributed by atoms with Crippen molar-refractivity contribution in [3.8, 4) is 0 Å². The number of anilines is 1. The van der Waals surface area contributed by atoms with E-state index in [2.05, 4.69) is 5.32 Å². The summed E-state index contributed by atoms with van der Waals surface area (Å²) in [6, 6.07) is 14.5. The van der Waals surface area contributed by atoms with Crippen LogP contribution in [0.3, 0.4) is 0 Å². The molecule has 0 spiro atoms. The van der Waals surface area contributed by atoms with Crippen LogP contribution in [0.5, 0.6) is 0 Å². The van der Waals surface area contributed by atoms with Crippen LogP contribution in [0, 0.1) is 5.82 Å². The van der Waals surface area contributed by atoms with Crippen molar-refractivity contribution in [2.24, 2.45) is 0 Å². The monoisotopic (exact) mass is 502 g/mol. The minimum Gasteiger partial charge on any atom is -0.273 e. The summed E-state index contributed by atoms with van der Waals surface area (Å²) in [5, 5.41) is 2.89. The highest BCUT2D eigenvalue weighted by atomic mass is 35.5. The fraction of sp³-hybridized carbons (Fsp3) is 0.0417. The number of imide groups is 2. The second kappa shape index (κ2) is 9.35. The van der Waals surface area contributed by atoms with E-state index in [1.807, 2.05) is 0 Å². The van der Waals surface area contributed by atoms with E-state index < -0.39 is 17.8 Å². The minimum atomic E-state index is -0.918. The van der Waals surface area contributed by atoms with Gasteiger partial charge in [0.15, 0.2) is 0 Å². The van der Waals surface area contributed by atoms with Crippen LogP contribution >= 0.6 is 34.8 Å². The van der Waals surface area contributed by atoms with Gasteiger partial charge in [-0.05, 0) is 59.2 Å². The molecule has 0 aromatic heterocycles. The average molecular weight is 504 g/mol. The first-order valence-corrected chi connectivity index (χ1v) is 10.8. The molecule has 0 saturated carbocycles. The van der Waals surface area contributed by atoms with Crippen LogP contribution in [0.1, 0.15) is 16.7 Å². The van der Waals surface area contributed by atoms with Crippen molar-refractivity contribution in [2.45, 2.75) is 6.42 Å². The quantitative estimate of drug-likeness (QED) is 0.348. The number of carbonyl (C=O) groups is 3. The second-order valence-electron chi connectivity index (χ2n) is 7.17. The van der Waals surface area contributed by atoms with Crippen molar-refractivity contribution in [1.82, 2.24) is 5.32 Å². The van der Waals surface area contributed by atoms with E-state index in [1.165, 1.54) is 30.3 Å². The number of hydrogen-bond donors (Lipinski definition) is 1. The molecule has 166 valence electrons. The van der Waals surface area contributed by atoms with E-state index in [9.17, 15) is 18.8 Å². The predicted octanol–water partition coefficient (Wildman–Crippen LogP) is 6.04. The van der Waals surface area contributed by atoms with Gasteiger partial charge < -0.3 is 0 Å². The molecule has 0 bridgehead atoms. The zero-order chi connectivity index (χ0) is 23.7. The molecule has 1 aliphatic heterocycles. The second-order valence-corrected chi connectivity index (χ2v) is 8.42. The molecule has 33 heavy (non-hydrogen) atoms. The number of hydrogen-bond acceptors (Lipinski definition) is 3. The molecule has 1 saturated heterocycles. The molecule has 4 amide bonds. The summed E-state index contributed by atoms with van der Waals surface area (Å²) in [6.07, 6.45) is 1.53. The Labute approximate surface area is 203 Å². The van der Waals surface area contributed by atoms with Crippen molar-refractivity contribution >= 4 is 64.4 Å². The number of carbonyl (C=O) groups excluding carboxylic acids is 3. The molecule has 0 atom stereocenters. The third-order valence-corrected chi connectivity index (χ3v) is 5.98. The fourth-order valence-corrected chi connectivity index (χ4v) is 3.85. The summed E-state index contributed by atoms with van der Waals surface area (Å²) in [6.45, 7) is 0. The third-order valence-electron chi connectivity index (χ3n) is 5.01. The van der Waals surface area contributed by atoms with Crippen molar-refractivity contribution in [1.29, 1.82) is 0 Å². The zero-order valence-electron chi connectivity index (χ0n) is 16.7. The van der Waals surface area contributed by atoms with E-state index in [0.717, 1.165) is 4.90 Å². The molecule has 4 rings (SSSR count). The average Bonchev–Trinajstić information content (AvgIpc) is 2.76. The Morgan fingerprint density at radius 2 is 1.64 bits per heavy atom. The topological polar surface area (TPSA) is 66.5 Å². The Morgan fingerprint density at radius 1 is 0.879 bits per heavy atom. The van der Waals surface area contributed by atoms with Gasteiger partial charge in [-0.3, -0.25) is 14.9 Å². The van der Waals surface area contributed by atoms with Gasteiger partial charge >= 0.3 is 6.03 Å². The molecular formula is C24H14Cl3FN2O3. The van der Waals surface area contributed by atoms with E-state index >= 15 is 0 Å². The Hall–Kier alpha value is -3.19. The summed E-state index contributed by atoms with van der Waals surface area (Å²) in [5.74, 6) is -2.09. The zero-order valence-corrected chi connectivity index (χ0v) is 19.0. The number of nitrogens with one attached hydrogen (secondary N) is 1. The lowest BCUT2D eigenvalue weighted by Gasteiger charge is -2.26. The van der Waals surface area contributed by atoms with E-state index in [1.54, 1.807) is 36.4 Å². The van der Waals surface area contributed by atoms with Crippen LogP contribution in [0.25, 0.3) is 6.08 Å². The number of benzene rings is 3. The number of halogens is 4. The van der Waals surface area contributed by atoms with Crippen molar-refractivity contribution < 1.29 is 18.8 Å². The molecule has 5 nitrogen and oxygen atoms in total. The van der Waals surface area contributed by atoms with Gasteiger partial charge in [0.1, 0.15) is 11.4 Å². The lowest BCUT2D eigenvalue weighted by molar-refractivity contribution is -0.122. The summed E-state index contributed by atoms with van der Waals surface area (Å²) < 4.78 is 14.2. The summed E-state index contributed by atoms with van der Waals surface area (Å²) in [7, 11) is 0. The predicted molar refractivity (Wildman–Crippen MR) is 126 cm³/mol. The van der Waals surface area contributed by atoms with Gasteiger partial charge in [-0.15, -0.1) is 0 Å². The first-order valence-electron chi connectivity index (χ1n) is 9.63. The number of amides is 4. The van der Waals surface area contributed by atoms with Gasteiger partial charge in [0.2, 0.25) is 0 Å². The standard InChI is InChI=1S/C24H14Cl3FN2O3/c25-16-6-5-13(9-14-3-1-2-4-21(14)28)15(10-16)11-18-22(31)29-24(33)30(23(18)32)17-7-8-19(26)20(27)12-17/h1-8,10-12H,9H2,(H,29,31,33)/b18-11+. The molecule has 1 heterocycles. The summed E-state index contributed by atoms with van der Waals surface area (Å²) in [4.78, 5) is 38.9. The lowest BCUT2D eigenvalue weighted by atomic mass is 9.97. The van der Waals surface area contributed by atoms with Crippen LogP contribution < -0.4 is 10.2 Å². The van der Waals surface area contributed by atoms with E-state index in [-0.39, 0.29) is 33.5 Å². The van der Waals surface area contributed by atoms with Crippen LogP contribution in [0.4, 0.5) is 14.9 Å². The van der Waals surface area contributed by atoms with Crippen LogP contribution in [0.2, 0.25) is 15.1 Å². The molecule has 9 heteroatoms. The number of nitrogens with zero attached hydrogens (tertiary/aromatic N) is 1. The highest BCUT2D eigenvalue weighted by molar-refractivity contribution is 6.43. The highest BCUT2D eigenvalue weighted by Gasteiger charge is 2.37. The Morgan fingerprint density at radius 3 is 2.36 bits per heavy atom. The highest BCUT2D eigenvalue weighted by Crippen LogP contribution is 2.30. The van der Waals surface area contributed by atoms with Gasteiger partial charge in [0.05, 0.1) is 15.7 Å². The first-order chi connectivity index (χ1) is 15.7. The smallest absolute Gasteiger partial charge is 0.273 e. The maximum absolute atomic E-state index is 14.2. The van der Waals surface area contributed by atoms with Gasteiger partial charge in [-0.2, -0.15) is 0 Å². The Kier molecular flexibility index (Phi) is 6.51. The van der Waals surface area contributed by atoms with Gasteiger partial charge in [0, 0.05) is 11.4 Å². The van der Waals surface area contributed by atoms with Crippen molar-refractivity contribution in [3.05, 3.63) is 104 Å². The normalized spacial score (nSPS) is 15.2. The van der Waals surface area contributed by atoms with Gasteiger partial charge in [-0.25, -0.2) is 14.1 Å². The van der Waals surface area contributed by atoms with Crippen LogP contribution in [0.15, 0.2) is 66.2 Å². The SMILES string of the molecule is O=C1NC(=O)N(c2ccc(Cl)c(Cl)c2)C(=O)/C1=C/c1cc(Cl)ccc1Cc1ccccc1F. The third kappa shape index (κ3) is 4.78. The van der Waals surface area contributed by atoms with Crippen LogP contribution in [-0.4, -0.2) is 17.8 Å². The van der Waals surface area contributed by atoms with Gasteiger partial charge in [0.25, 0.3) is 11.8 Å². The molecule has 0 radical (unpaired) electrons.